The Labute approximate surface area is 174 Å². The quantitative estimate of drug-likeness (QED) is 0.602. The summed E-state index contributed by atoms with van der Waals surface area (Å²) in [6, 6.07) is 2.71. The predicted octanol–water partition coefficient (Wildman–Crippen LogP) is 4.05. The second-order valence-electron chi connectivity index (χ2n) is 6.70. The second kappa shape index (κ2) is 8.54. The lowest BCUT2D eigenvalue weighted by atomic mass is 9.93. The summed E-state index contributed by atoms with van der Waals surface area (Å²) < 4.78 is 70.7. The molecular weight excluding hydrogens is 382 g/mol. The molecule has 2 aromatic rings. The summed E-state index contributed by atoms with van der Waals surface area (Å²) in [6.07, 6.45) is 3.76. The van der Waals surface area contributed by atoms with Gasteiger partial charge in [0.1, 0.15) is 17.5 Å². The summed E-state index contributed by atoms with van der Waals surface area (Å²) >= 11 is 0. The van der Waals surface area contributed by atoms with Crippen LogP contribution in [-0.2, 0) is 10.7 Å². The van der Waals surface area contributed by atoms with Crippen molar-refractivity contribution in [3.8, 4) is 5.75 Å². The van der Waals surface area contributed by atoms with Crippen LogP contribution in [0.3, 0.4) is 0 Å². The molecule has 1 aliphatic rings. The Balaban J connectivity index is 2.01. The third kappa shape index (κ3) is 5.49. The molecule has 156 valence electrons. The minimum atomic E-state index is -3.36. The number of pyridine rings is 1. The maximum absolute atomic E-state index is 14.1. The molecule has 0 saturated heterocycles. The largest absolute Gasteiger partial charge is 0.490 e. The van der Waals surface area contributed by atoms with Crippen LogP contribution >= 0.6 is 0 Å². The Morgan fingerprint density at radius 3 is 2.72 bits per heavy atom. The van der Waals surface area contributed by atoms with E-state index in [-0.39, 0.29) is 34.9 Å². The normalized spacial score (nSPS) is 17.6. The molecule has 29 heavy (non-hydrogen) atoms. The first-order chi connectivity index (χ1) is 15.6. The number of alkyl halides is 2. The zero-order chi connectivity index (χ0) is 25.3. The Bertz CT molecular complexity index is 1060. The number of hydrogen-bond donors (Lipinski definition) is 3. The van der Waals surface area contributed by atoms with Crippen molar-refractivity contribution in [2.45, 2.75) is 51.9 Å². The molecule has 1 fully saturated rings. The van der Waals surface area contributed by atoms with Crippen LogP contribution in [-0.4, -0.2) is 33.5 Å². The average Bonchev–Trinajstić information content (AvgIpc) is 2.64. The van der Waals surface area contributed by atoms with Crippen molar-refractivity contribution >= 4 is 29.0 Å². The van der Waals surface area contributed by atoms with Gasteiger partial charge in [-0.25, -0.2) is 15.0 Å². The summed E-state index contributed by atoms with van der Waals surface area (Å²) in [5.41, 5.74) is -0.0643. The molecule has 2 heterocycles. The van der Waals surface area contributed by atoms with Gasteiger partial charge in [0.15, 0.2) is 5.75 Å². The molecule has 0 aromatic carbocycles. The van der Waals surface area contributed by atoms with E-state index in [1.165, 1.54) is 19.1 Å². The van der Waals surface area contributed by atoms with E-state index in [2.05, 4.69) is 30.9 Å². The van der Waals surface area contributed by atoms with Crippen molar-refractivity contribution in [1.29, 1.82) is 0 Å². The van der Waals surface area contributed by atoms with Gasteiger partial charge in [-0.2, -0.15) is 8.78 Å². The standard InChI is InChI=1S/C19H24F2N6O2/c1-4-29-14-10-22-15(23-11(2)28)8-13(14)25-17-9-16(24-12-6-5-7-12)26-18(27-17)19(3,20)21/h8-10,12H,4-7H2,1-3H3,(H3,22,23,24,25,26,27,28)/i1D3,4D2. The van der Waals surface area contributed by atoms with Crippen LogP contribution < -0.4 is 20.7 Å². The van der Waals surface area contributed by atoms with E-state index in [9.17, 15) is 13.6 Å². The van der Waals surface area contributed by atoms with E-state index >= 15 is 0 Å². The SMILES string of the molecule is [2H]C([2H])([2H])C([2H])([2H])Oc1cnc(NC(C)=O)cc1Nc1cc(NC2CCC2)nc(C(C)(F)F)n1. The smallest absolute Gasteiger partial charge is 0.303 e. The summed E-state index contributed by atoms with van der Waals surface area (Å²) in [7, 11) is 0. The van der Waals surface area contributed by atoms with Gasteiger partial charge in [-0.05, 0) is 26.1 Å². The molecule has 0 atom stereocenters. The van der Waals surface area contributed by atoms with Gasteiger partial charge in [0, 0.05) is 36.1 Å². The van der Waals surface area contributed by atoms with E-state index in [0.29, 0.717) is 6.92 Å². The minimum absolute atomic E-state index is 0.0275. The maximum Gasteiger partial charge on any atom is 0.303 e. The highest BCUT2D eigenvalue weighted by Crippen LogP contribution is 2.32. The van der Waals surface area contributed by atoms with Crippen LogP contribution in [0.15, 0.2) is 18.3 Å². The number of aromatic nitrogens is 3. The highest BCUT2D eigenvalue weighted by Gasteiger charge is 2.30. The molecular formula is C19H24F2N6O2. The Kier molecular flexibility index (Phi) is 4.38. The van der Waals surface area contributed by atoms with E-state index in [4.69, 9.17) is 11.6 Å². The number of nitrogens with zero attached hydrogens (tertiary/aromatic N) is 3. The number of carbonyl (C=O) groups excluding carboxylic acids is 1. The lowest BCUT2D eigenvalue weighted by molar-refractivity contribution is -0.114. The number of hydrogen-bond acceptors (Lipinski definition) is 7. The highest BCUT2D eigenvalue weighted by molar-refractivity contribution is 5.88. The van der Waals surface area contributed by atoms with E-state index < -0.39 is 31.1 Å². The van der Waals surface area contributed by atoms with Gasteiger partial charge >= 0.3 is 5.92 Å². The molecule has 3 rings (SSSR count). The van der Waals surface area contributed by atoms with Crippen LogP contribution in [0.1, 0.15) is 52.6 Å². The van der Waals surface area contributed by atoms with Crippen molar-refractivity contribution in [1.82, 2.24) is 15.0 Å². The Morgan fingerprint density at radius 1 is 1.34 bits per heavy atom. The van der Waals surface area contributed by atoms with Gasteiger partial charge in [0.05, 0.1) is 21.2 Å². The summed E-state index contributed by atoms with van der Waals surface area (Å²) in [5, 5.41) is 8.22. The Morgan fingerprint density at radius 2 is 2.10 bits per heavy atom. The van der Waals surface area contributed by atoms with E-state index in [0.717, 1.165) is 25.5 Å². The zero-order valence-corrected chi connectivity index (χ0v) is 15.8. The highest BCUT2D eigenvalue weighted by atomic mass is 19.3. The van der Waals surface area contributed by atoms with Gasteiger partial charge in [-0.3, -0.25) is 4.79 Å². The minimum Gasteiger partial charge on any atom is -0.490 e. The van der Waals surface area contributed by atoms with Gasteiger partial charge < -0.3 is 20.7 Å². The first-order valence-corrected chi connectivity index (χ1v) is 8.92. The summed E-state index contributed by atoms with van der Waals surface area (Å²) in [6.45, 7) is -4.33. The van der Waals surface area contributed by atoms with E-state index in [1.54, 1.807) is 0 Å². The van der Waals surface area contributed by atoms with Crippen LogP contribution in [0.25, 0.3) is 0 Å². The molecule has 0 unspecified atom stereocenters. The zero-order valence-electron chi connectivity index (χ0n) is 20.8. The van der Waals surface area contributed by atoms with Gasteiger partial charge in [0.2, 0.25) is 11.7 Å². The molecule has 3 N–H and O–H groups in total. The molecule has 0 aliphatic heterocycles. The molecule has 1 amide bonds. The van der Waals surface area contributed by atoms with E-state index in [1.807, 2.05) is 0 Å². The lowest BCUT2D eigenvalue weighted by Crippen LogP contribution is -2.28. The first kappa shape index (κ1) is 14.9. The molecule has 0 radical (unpaired) electrons. The van der Waals surface area contributed by atoms with Crippen LogP contribution in [0.5, 0.6) is 5.75 Å². The first-order valence-electron chi connectivity index (χ1n) is 11.4. The second-order valence-corrected chi connectivity index (χ2v) is 6.70. The molecule has 0 bridgehead atoms. The number of halogens is 2. The van der Waals surface area contributed by atoms with Crippen molar-refractivity contribution in [2.75, 3.05) is 22.5 Å². The van der Waals surface area contributed by atoms with Gasteiger partial charge in [0.25, 0.3) is 0 Å². The molecule has 10 heteroatoms. The fraction of sp³-hybridized carbons (Fsp3) is 0.474. The number of carbonyl (C=O) groups is 1. The predicted molar refractivity (Wildman–Crippen MR) is 106 cm³/mol. The topological polar surface area (TPSA) is 101 Å². The van der Waals surface area contributed by atoms with Crippen molar-refractivity contribution in [3.63, 3.8) is 0 Å². The molecule has 8 nitrogen and oxygen atoms in total. The molecule has 0 spiro atoms. The Hall–Kier alpha value is -3.04. The number of anilines is 4. The van der Waals surface area contributed by atoms with Gasteiger partial charge in [-0.1, -0.05) is 0 Å². The number of ether oxygens (including phenoxy) is 1. The number of rotatable bonds is 8. The monoisotopic (exact) mass is 411 g/mol. The molecule has 2 aromatic heterocycles. The van der Waals surface area contributed by atoms with Crippen molar-refractivity contribution in [3.05, 3.63) is 24.2 Å². The fourth-order valence-corrected chi connectivity index (χ4v) is 2.61. The third-order valence-corrected chi connectivity index (χ3v) is 4.17. The summed E-state index contributed by atoms with van der Waals surface area (Å²) in [5.74, 6) is -4.80. The van der Waals surface area contributed by atoms with Gasteiger partial charge in [-0.15, -0.1) is 0 Å². The fourth-order valence-electron chi connectivity index (χ4n) is 2.61. The number of nitrogens with one attached hydrogen (secondary N) is 3. The van der Waals surface area contributed by atoms with Crippen LogP contribution in [0, 0.1) is 0 Å². The number of amides is 1. The average molecular weight is 411 g/mol. The van der Waals surface area contributed by atoms with Crippen molar-refractivity contribution < 1.29 is 25.2 Å². The van der Waals surface area contributed by atoms with Crippen LogP contribution in [0.2, 0.25) is 0 Å². The van der Waals surface area contributed by atoms with Crippen LogP contribution in [0.4, 0.5) is 31.9 Å². The molecule has 1 aliphatic carbocycles. The molecule has 1 saturated carbocycles. The lowest BCUT2D eigenvalue weighted by Gasteiger charge is -2.27. The third-order valence-electron chi connectivity index (χ3n) is 4.17. The maximum atomic E-state index is 14.1. The van der Waals surface area contributed by atoms with Crippen molar-refractivity contribution in [2.24, 2.45) is 0 Å². The summed E-state index contributed by atoms with van der Waals surface area (Å²) in [4.78, 5) is 23.1.